The van der Waals surface area contributed by atoms with Crippen LogP contribution in [0.4, 0.5) is 4.79 Å². The van der Waals surface area contributed by atoms with Gasteiger partial charge in [0.05, 0.1) is 6.04 Å². The second kappa shape index (κ2) is 6.38. The molecular weight excluding hydrogens is 328 g/mol. The number of allylic oxidation sites excluding steroid dienone is 1. The Morgan fingerprint density at radius 2 is 2.12 bits per heavy atom. The average Bonchev–Trinajstić information content (AvgIpc) is 2.84. The van der Waals surface area contributed by atoms with Crippen molar-refractivity contribution in [2.24, 2.45) is 4.99 Å². The highest BCUT2D eigenvalue weighted by Gasteiger charge is 2.36. The molecule has 25 heavy (non-hydrogen) atoms. The Balaban J connectivity index is 1.64. The molecule has 0 aromatic rings. The van der Waals surface area contributed by atoms with E-state index in [9.17, 15) is 14.4 Å². The molecule has 3 aliphatic heterocycles. The fourth-order valence-corrected chi connectivity index (χ4v) is 2.87. The molecule has 9 nitrogen and oxygen atoms in total. The molecule has 9 heteroatoms. The largest absolute Gasteiger partial charge is 0.484 e. The number of carbonyl (C=O) groups is 3. The third-order valence-electron chi connectivity index (χ3n) is 3.87. The van der Waals surface area contributed by atoms with Crippen molar-refractivity contribution in [1.29, 1.82) is 0 Å². The minimum absolute atomic E-state index is 0.00574. The molecule has 0 unspecified atom stereocenters. The number of aliphatic imine (C=N–C) groups is 1. The van der Waals surface area contributed by atoms with Gasteiger partial charge in [-0.25, -0.2) is 9.79 Å². The lowest BCUT2D eigenvalue weighted by Crippen LogP contribution is -2.42. The number of nitrogens with one attached hydrogen (secondary N) is 2. The first-order chi connectivity index (χ1) is 11.7. The number of amides is 3. The number of amidine groups is 1. The maximum Gasteiger partial charge on any atom is 0.407 e. The lowest BCUT2D eigenvalue weighted by atomic mass is 10.2. The van der Waals surface area contributed by atoms with E-state index in [0.717, 1.165) is 0 Å². The Morgan fingerprint density at radius 3 is 2.84 bits per heavy atom. The summed E-state index contributed by atoms with van der Waals surface area (Å²) in [6.45, 7) is 5.66. The van der Waals surface area contributed by atoms with Crippen LogP contribution in [0, 0.1) is 0 Å². The molecule has 3 amide bonds. The monoisotopic (exact) mass is 350 g/mol. The first kappa shape index (κ1) is 17.2. The normalized spacial score (nSPS) is 23.6. The van der Waals surface area contributed by atoms with Crippen LogP contribution in [0.1, 0.15) is 40.0 Å². The second-order valence-electron chi connectivity index (χ2n) is 7.19. The lowest BCUT2D eigenvalue weighted by Gasteiger charge is -2.27. The van der Waals surface area contributed by atoms with Gasteiger partial charge in [0, 0.05) is 25.8 Å². The maximum atomic E-state index is 12.3. The van der Waals surface area contributed by atoms with Gasteiger partial charge < -0.3 is 20.1 Å². The van der Waals surface area contributed by atoms with Crippen LogP contribution in [0.3, 0.4) is 0 Å². The summed E-state index contributed by atoms with van der Waals surface area (Å²) in [6, 6.07) is -0.336. The number of hydrogen-bond acceptors (Lipinski definition) is 6. The van der Waals surface area contributed by atoms with E-state index in [-0.39, 0.29) is 30.9 Å². The molecular formula is C16H22N4O5. The Bertz CT molecular complexity index is 677. The third-order valence-corrected chi connectivity index (χ3v) is 3.87. The van der Waals surface area contributed by atoms with E-state index in [2.05, 4.69) is 15.6 Å². The molecule has 1 fully saturated rings. The molecule has 3 aliphatic rings. The van der Waals surface area contributed by atoms with Gasteiger partial charge in [0.2, 0.25) is 5.91 Å². The molecule has 3 rings (SSSR count). The van der Waals surface area contributed by atoms with E-state index in [1.807, 2.05) is 0 Å². The van der Waals surface area contributed by atoms with Crippen molar-refractivity contribution in [3.63, 3.8) is 0 Å². The Hall–Kier alpha value is -2.58. The minimum Gasteiger partial charge on any atom is -0.484 e. The molecule has 0 bridgehead atoms. The predicted molar refractivity (Wildman–Crippen MR) is 87.3 cm³/mol. The number of carbonyl (C=O) groups excluding carboxylic acids is 3. The Morgan fingerprint density at radius 1 is 1.36 bits per heavy atom. The molecule has 0 aromatic carbocycles. The maximum absolute atomic E-state index is 12.3. The van der Waals surface area contributed by atoms with Gasteiger partial charge in [-0.3, -0.25) is 14.5 Å². The molecule has 2 N–H and O–H groups in total. The number of likely N-dealkylation sites (tertiary alicyclic amines) is 1. The standard InChI is InChI=1S/C16H22N4O5/c1-16(2,3)25-15(23)17-9-6-13(22)20(7-9)11-5-4-10-14(18-11)19-12(21)8-24-10/h9H,4-8H2,1-3H3,(H,17,23)(H,19,21)/t9-/m0/s1. The van der Waals surface area contributed by atoms with Crippen molar-refractivity contribution in [2.75, 3.05) is 13.2 Å². The highest BCUT2D eigenvalue weighted by molar-refractivity contribution is 6.01. The average molecular weight is 350 g/mol. The number of hydrogen-bond donors (Lipinski definition) is 2. The van der Waals surface area contributed by atoms with Crippen LogP contribution in [0.5, 0.6) is 0 Å². The molecule has 0 radical (unpaired) electrons. The second-order valence-corrected chi connectivity index (χ2v) is 7.19. The first-order valence-electron chi connectivity index (χ1n) is 8.24. The zero-order chi connectivity index (χ0) is 18.2. The highest BCUT2D eigenvalue weighted by Crippen LogP contribution is 2.25. The van der Waals surface area contributed by atoms with E-state index >= 15 is 0 Å². The van der Waals surface area contributed by atoms with Crippen molar-refractivity contribution in [1.82, 2.24) is 15.5 Å². The van der Waals surface area contributed by atoms with Gasteiger partial charge in [-0.05, 0) is 20.8 Å². The summed E-state index contributed by atoms with van der Waals surface area (Å²) in [4.78, 5) is 41.5. The molecule has 0 saturated carbocycles. The van der Waals surface area contributed by atoms with E-state index < -0.39 is 11.7 Å². The van der Waals surface area contributed by atoms with Gasteiger partial charge in [0.25, 0.3) is 5.91 Å². The fraction of sp³-hybridized carbons (Fsp3) is 0.625. The van der Waals surface area contributed by atoms with Crippen molar-refractivity contribution >= 4 is 23.7 Å². The van der Waals surface area contributed by atoms with E-state index in [4.69, 9.17) is 9.47 Å². The molecule has 0 aliphatic carbocycles. The van der Waals surface area contributed by atoms with Gasteiger partial charge in [-0.1, -0.05) is 0 Å². The van der Waals surface area contributed by atoms with Crippen molar-refractivity contribution in [3.05, 3.63) is 11.6 Å². The zero-order valence-corrected chi connectivity index (χ0v) is 14.5. The Labute approximate surface area is 145 Å². The van der Waals surface area contributed by atoms with Crippen molar-refractivity contribution in [3.8, 4) is 0 Å². The SMILES string of the molecule is CC(C)(C)OC(=O)N[C@H]1CC(=O)N(C2=NC3=C(CC2)OCC(=O)N3)C1. The number of alkyl carbamates (subject to hydrolysis) is 1. The van der Waals surface area contributed by atoms with Gasteiger partial charge in [0.1, 0.15) is 17.2 Å². The van der Waals surface area contributed by atoms with E-state index in [0.29, 0.717) is 36.8 Å². The molecule has 1 saturated heterocycles. The summed E-state index contributed by atoms with van der Waals surface area (Å²) >= 11 is 0. The smallest absolute Gasteiger partial charge is 0.407 e. The molecule has 1 atom stereocenters. The fourth-order valence-electron chi connectivity index (χ4n) is 2.87. The predicted octanol–water partition coefficient (Wildman–Crippen LogP) is 0.620. The summed E-state index contributed by atoms with van der Waals surface area (Å²) in [6.07, 6.45) is 0.755. The summed E-state index contributed by atoms with van der Waals surface area (Å²) in [7, 11) is 0. The van der Waals surface area contributed by atoms with Gasteiger partial charge >= 0.3 is 6.09 Å². The van der Waals surface area contributed by atoms with Crippen LogP contribution in [0.15, 0.2) is 16.6 Å². The summed E-state index contributed by atoms with van der Waals surface area (Å²) in [5.41, 5.74) is -0.595. The third kappa shape index (κ3) is 4.09. The quantitative estimate of drug-likeness (QED) is 0.720. The van der Waals surface area contributed by atoms with Crippen molar-refractivity contribution < 1.29 is 23.9 Å². The van der Waals surface area contributed by atoms with Gasteiger partial charge in [0.15, 0.2) is 12.4 Å². The van der Waals surface area contributed by atoms with Crippen LogP contribution >= 0.6 is 0 Å². The lowest BCUT2D eigenvalue weighted by molar-refractivity contribution is -0.125. The van der Waals surface area contributed by atoms with Gasteiger partial charge in [-0.15, -0.1) is 0 Å². The van der Waals surface area contributed by atoms with Crippen LogP contribution in [0.2, 0.25) is 0 Å². The first-order valence-corrected chi connectivity index (χ1v) is 8.24. The van der Waals surface area contributed by atoms with Crippen LogP contribution in [-0.4, -0.2) is 53.4 Å². The van der Waals surface area contributed by atoms with Crippen LogP contribution in [-0.2, 0) is 19.1 Å². The molecule has 0 aromatic heterocycles. The Kier molecular flexibility index (Phi) is 4.40. The van der Waals surface area contributed by atoms with E-state index in [1.165, 1.54) is 0 Å². The van der Waals surface area contributed by atoms with Crippen LogP contribution < -0.4 is 10.6 Å². The summed E-state index contributed by atoms with van der Waals surface area (Å²) in [5, 5.41) is 5.37. The van der Waals surface area contributed by atoms with Gasteiger partial charge in [-0.2, -0.15) is 0 Å². The number of rotatable bonds is 1. The van der Waals surface area contributed by atoms with Crippen molar-refractivity contribution in [2.45, 2.75) is 51.7 Å². The van der Waals surface area contributed by atoms with E-state index in [1.54, 1.807) is 25.7 Å². The molecule has 136 valence electrons. The minimum atomic E-state index is -0.595. The van der Waals surface area contributed by atoms with Crippen LogP contribution in [0.25, 0.3) is 0 Å². The highest BCUT2D eigenvalue weighted by atomic mass is 16.6. The molecule has 3 heterocycles. The number of nitrogens with zero attached hydrogens (tertiary/aromatic N) is 2. The number of ether oxygens (including phenoxy) is 2. The summed E-state index contributed by atoms with van der Waals surface area (Å²) < 4.78 is 10.6. The molecule has 0 spiro atoms. The summed E-state index contributed by atoms with van der Waals surface area (Å²) in [5.74, 6) is 1.20. The zero-order valence-electron chi connectivity index (χ0n) is 14.5. The topological polar surface area (TPSA) is 109 Å².